The second-order valence-electron chi connectivity index (χ2n) is 7.84. The molecule has 2 amide bonds. The minimum atomic E-state index is -4.63. The Hall–Kier alpha value is -2.66. The van der Waals surface area contributed by atoms with Crippen LogP contribution in [0, 0.1) is 5.92 Å². The molecule has 6 nitrogen and oxygen atoms in total. The molecule has 0 unspecified atom stereocenters. The minimum absolute atomic E-state index is 0.0103. The van der Waals surface area contributed by atoms with Gasteiger partial charge in [-0.3, -0.25) is 4.79 Å². The normalized spacial score (nSPS) is 18.1. The van der Waals surface area contributed by atoms with Crippen molar-refractivity contribution in [2.75, 3.05) is 43.0 Å². The Kier molecular flexibility index (Phi) is 7.09. The maximum absolute atomic E-state index is 13.2. The molecule has 0 aliphatic carbocycles. The molecule has 0 spiro atoms. The summed E-state index contributed by atoms with van der Waals surface area (Å²) < 4.78 is 80.3. The van der Waals surface area contributed by atoms with Crippen molar-refractivity contribution in [1.29, 1.82) is 0 Å². The van der Waals surface area contributed by atoms with Crippen LogP contribution in [0.25, 0.3) is 0 Å². The van der Waals surface area contributed by atoms with Crippen LogP contribution in [-0.2, 0) is 15.7 Å². The zero-order valence-electron chi connectivity index (χ0n) is 17.1. The number of benzene rings is 1. The minimum Gasteiger partial charge on any atom is -0.440 e. The molecule has 2 aliphatic heterocycles. The number of piperidine rings is 1. The second-order valence-corrected chi connectivity index (χ2v) is 7.84. The van der Waals surface area contributed by atoms with Gasteiger partial charge < -0.3 is 19.9 Å². The van der Waals surface area contributed by atoms with Crippen LogP contribution in [0.1, 0.15) is 31.2 Å². The van der Waals surface area contributed by atoms with Crippen LogP contribution in [0.4, 0.5) is 42.5 Å². The smallest absolute Gasteiger partial charge is 0.422 e. The highest BCUT2D eigenvalue weighted by atomic mass is 19.4. The molecule has 2 saturated heterocycles. The molecule has 1 N–H and O–H groups in total. The average Bonchev–Trinajstić information content (AvgIpc) is 3.25. The van der Waals surface area contributed by atoms with E-state index in [9.17, 15) is 35.9 Å². The molecule has 2 fully saturated rings. The number of rotatable bonds is 4. The lowest BCUT2D eigenvalue weighted by molar-refractivity contribution is -0.162. The first-order valence-electron chi connectivity index (χ1n) is 10.2. The van der Waals surface area contributed by atoms with Crippen LogP contribution in [0.2, 0.25) is 0 Å². The Labute approximate surface area is 180 Å². The number of carbonyl (C=O) groups excluding carboxylic acids is 2. The van der Waals surface area contributed by atoms with E-state index in [1.54, 1.807) is 0 Å². The summed E-state index contributed by atoms with van der Waals surface area (Å²) in [6.07, 6.45) is -8.20. The first-order chi connectivity index (χ1) is 14.9. The summed E-state index contributed by atoms with van der Waals surface area (Å²) in [6, 6.07) is 3.24. The van der Waals surface area contributed by atoms with Gasteiger partial charge in [0.05, 0.1) is 16.9 Å². The fraction of sp³-hybridized carbons (Fsp3) is 0.600. The van der Waals surface area contributed by atoms with E-state index in [2.05, 4.69) is 10.1 Å². The van der Waals surface area contributed by atoms with Gasteiger partial charge in [0.2, 0.25) is 5.91 Å². The van der Waals surface area contributed by atoms with Crippen LogP contribution in [0.5, 0.6) is 0 Å². The van der Waals surface area contributed by atoms with Crippen LogP contribution in [0.15, 0.2) is 18.2 Å². The average molecular weight is 467 g/mol. The highest BCUT2D eigenvalue weighted by Gasteiger charge is 2.34. The number of hydrogen-bond donors (Lipinski definition) is 1. The summed E-state index contributed by atoms with van der Waals surface area (Å²) in [6.45, 7) is -0.326. The van der Waals surface area contributed by atoms with Gasteiger partial charge in [-0.15, -0.1) is 0 Å². The van der Waals surface area contributed by atoms with Crippen molar-refractivity contribution in [2.45, 2.75) is 38.0 Å². The maximum Gasteiger partial charge on any atom is 0.422 e. The standard InChI is InChI=1S/C20H23F6N3O3/c21-19(22,23)12-32-18(31)29-9-5-13(6-10-29)17(30)27-15-11-14(20(24,25)26)3-4-16(15)28-7-1-2-8-28/h3-4,11,13H,1-2,5-10,12H2,(H,27,30). The zero-order valence-corrected chi connectivity index (χ0v) is 17.1. The van der Waals surface area contributed by atoms with E-state index >= 15 is 0 Å². The van der Waals surface area contributed by atoms with E-state index < -0.39 is 42.4 Å². The third kappa shape index (κ3) is 6.19. The third-order valence-electron chi connectivity index (χ3n) is 5.51. The predicted octanol–water partition coefficient (Wildman–Crippen LogP) is 4.66. The van der Waals surface area contributed by atoms with E-state index in [-0.39, 0.29) is 31.6 Å². The Morgan fingerprint density at radius 1 is 1.00 bits per heavy atom. The van der Waals surface area contributed by atoms with E-state index in [4.69, 9.17) is 0 Å². The number of ether oxygens (including phenoxy) is 1. The number of alkyl halides is 6. The van der Waals surface area contributed by atoms with Gasteiger partial charge in [-0.05, 0) is 43.9 Å². The first-order valence-corrected chi connectivity index (χ1v) is 10.2. The molecule has 3 rings (SSSR count). The van der Waals surface area contributed by atoms with Crippen molar-refractivity contribution < 1.29 is 40.7 Å². The van der Waals surface area contributed by atoms with Crippen molar-refractivity contribution in [3.8, 4) is 0 Å². The van der Waals surface area contributed by atoms with E-state index in [0.29, 0.717) is 18.8 Å². The van der Waals surface area contributed by atoms with Gasteiger partial charge in [0.1, 0.15) is 0 Å². The van der Waals surface area contributed by atoms with E-state index in [0.717, 1.165) is 29.9 Å². The first kappa shape index (κ1) is 24.0. The van der Waals surface area contributed by atoms with Crippen LogP contribution >= 0.6 is 0 Å². The van der Waals surface area contributed by atoms with E-state index in [1.807, 2.05) is 4.90 Å². The lowest BCUT2D eigenvalue weighted by atomic mass is 9.96. The number of carbonyl (C=O) groups is 2. The number of likely N-dealkylation sites (tertiary alicyclic amines) is 1. The molecular formula is C20H23F6N3O3. The maximum atomic E-state index is 13.2. The number of nitrogens with one attached hydrogen (secondary N) is 1. The van der Waals surface area contributed by atoms with Crippen molar-refractivity contribution in [1.82, 2.24) is 4.90 Å². The summed E-state index contributed by atoms with van der Waals surface area (Å²) in [4.78, 5) is 27.5. The zero-order chi connectivity index (χ0) is 23.5. The molecule has 178 valence electrons. The van der Waals surface area contributed by atoms with Crippen molar-refractivity contribution in [2.24, 2.45) is 5.92 Å². The molecule has 1 aromatic carbocycles. The molecule has 0 bridgehead atoms. The Balaban J connectivity index is 1.64. The molecule has 12 heteroatoms. The lowest BCUT2D eigenvalue weighted by Crippen LogP contribution is -2.42. The molecule has 32 heavy (non-hydrogen) atoms. The fourth-order valence-electron chi connectivity index (χ4n) is 3.84. The molecule has 0 radical (unpaired) electrons. The molecule has 0 aromatic heterocycles. The van der Waals surface area contributed by atoms with Gasteiger partial charge >= 0.3 is 18.4 Å². The van der Waals surface area contributed by atoms with Gasteiger partial charge in [-0.1, -0.05) is 0 Å². The quantitative estimate of drug-likeness (QED) is 0.655. The Bertz CT molecular complexity index is 829. The number of anilines is 2. The van der Waals surface area contributed by atoms with Crippen LogP contribution in [-0.4, -0.2) is 55.9 Å². The monoisotopic (exact) mass is 467 g/mol. The van der Waals surface area contributed by atoms with Gasteiger partial charge in [0, 0.05) is 32.1 Å². The molecule has 2 heterocycles. The molecule has 1 aromatic rings. The topological polar surface area (TPSA) is 61.9 Å². The van der Waals surface area contributed by atoms with Crippen molar-refractivity contribution in [3.63, 3.8) is 0 Å². The van der Waals surface area contributed by atoms with E-state index in [1.165, 1.54) is 6.07 Å². The van der Waals surface area contributed by atoms with Crippen molar-refractivity contribution >= 4 is 23.4 Å². The Morgan fingerprint density at radius 2 is 1.62 bits per heavy atom. The van der Waals surface area contributed by atoms with Crippen LogP contribution in [0.3, 0.4) is 0 Å². The lowest BCUT2D eigenvalue weighted by Gasteiger charge is -2.31. The van der Waals surface area contributed by atoms with Gasteiger partial charge in [-0.2, -0.15) is 26.3 Å². The number of nitrogens with zero attached hydrogens (tertiary/aromatic N) is 2. The SMILES string of the molecule is O=C(Nc1cc(C(F)(F)F)ccc1N1CCCC1)C1CCN(C(=O)OCC(F)(F)F)CC1. The molecule has 0 atom stereocenters. The Morgan fingerprint density at radius 3 is 2.19 bits per heavy atom. The van der Waals surface area contributed by atoms with Gasteiger partial charge in [0.15, 0.2) is 6.61 Å². The highest BCUT2D eigenvalue weighted by molar-refractivity contribution is 5.96. The highest BCUT2D eigenvalue weighted by Crippen LogP contribution is 2.37. The van der Waals surface area contributed by atoms with Crippen LogP contribution < -0.4 is 10.2 Å². The predicted molar refractivity (Wildman–Crippen MR) is 103 cm³/mol. The number of hydrogen-bond acceptors (Lipinski definition) is 4. The fourth-order valence-corrected chi connectivity index (χ4v) is 3.84. The third-order valence-corrected chi connectivity index (χ3v) is 5.51. The largest absolute Gasteiger partial charge is 0.440 e. The summed E-state index contributed by atoms with van der Waals surface area (Å²) >= 11 is 0. The number of amides is 2. The summed E-state index contributed by atoms with van der Waals surface area (Å²) in [5.74, 6) is -1.09. The summed E-state index contributed by atoms with van der Waals surface area (Å²) in [5.41, 5.74) is -0.297. The summed E-state index contributed by atoms with van der Waals surface area (Å²) in [7, 11) is 0. The molecular weight excluding hydrogens is 444 g/mol. The van der Waals surface area contributed by atoms with Gasteiger partial charge in [-0.25, -0.2) is 4.79 Å². The molecule has 2 aliphatic rings. The van der Waals surface area contributed by atoms with Gasteiger partial charge in [0.25, 0.3) is 0 Å². The molecule has 0 saturated carbocycles. The number of halogens is 6. The van der Waals surface area contributed by atoms with Crippen molar-refractivity contribution in [3.05, 3.63) is 23.8 Å². The second kappa shape index (κ2) is 9.45. The summed E-state index contributed by atoms with van der Waals surface area (Å²) in [5, 5.41) is 2.59.